The highest BCUT2D eigenvalue weighted by Gasteiger charge is 2.10. The Morgan fingerprint density at radius 3 is 3.05 bits per heavy atom. The van der Waals surface area contributed by atoms with Crippen molar-refractivity contribution < 1.29 is 14.3 Å². The summed E-state index contributed by atoms with van der Waals surface area (Å²) >= 11 is 0. The summed E-state index contributed by atoms with van der Waals surface area (Å²) in [6.07, 6.45) is 0.746. The number of benzene rings is 1. The first-order valence-corrected chi connectivity index (χ1v) is 6.73. The van der Waals surface area contributed by atoms with Crippen molar-refractivity contribution in [3.05, 3.63) is 23.9 Å². The van der Waals surface area contributed by atoms with Crippen LogP contribution in [0.2, 0.25) is 0 Å². The summed E-state index contributed by atoms with van der Waals surface area (Å²) in [5.74, 6) is 0.759. The van der Waals surface area contributed by atoms with E-state index in [4.69, 9.17) is 9.47 Å². The zero-order valence-electron chi connectivity index (χ0n) is 11.2. The van der Waals surface area contributed by atoms with Crippen molar-refractivity contribution in [1.82, 2.24) is 15.1 Å². The highest BCUT2D eigenvalue weighted by Crippen LogP contribution is 2.21. The smallest absolute Gasteiger partial charge is 0.170 e. The lowest BCUT2D eigenvalue weighted by molar-refractivity contribution is 0.0322. The molecule has 1 N–H and O–H groups in total. The van der Waals surface area contributed by atoms with E-state index in [9.17, 15) is 4.79 Å². The monoisotopic (exact) mass is 275 g/mol. The molecule has 3 rings (SSSR count). The van der Waals surface area contributed by atoms with Crippen molar-refractivity contribution in [2.24, 2.45) is 0 Å². The molecule has 0 radical (unpaired) electrons. The van der Waals surface area contributed by atoms with Crippen molar-refractivity contribution >= 4 is 17.2 Å². The van der Waals surface area contributed by atoms with Gasteiger partial charge in [0.05, 0.1) is 18.7 Å². The Labute approximate surface area is 116 Å². The number of aromatic amines is 1. The lowest BCUT2D eigenvalue weighted by Crippen LogP contribution is -2.38. The molecule has 0 spiro atoms. The molecule has 1 saturated heterocycles. The Morgan fingerprint density at radius 1 is 1.40 bits per heavy atom. The van der Waals surface area contributed by atoms with Crippen molar-refractivity contribution in [1.29, 1.82) is 0 Å². The Bertz CT molecular complexity index is 590. The number of morpholine rings is 1. The molecule has 6 nitrogen and oxygen atoms in total. The van der Waals surface area contributed by atoms with Gasteiger partial charge in [0.25, 0.3) is 0 Å². The molecule has 1 aliphatic heterocycles. The number of nitrogens with zero attached hydrogens (tertiary/aromatic N) is 2. The Balaban J connectivity index is 1.60. The molecular formula is C14H17N3O3. The lowest BCUT2D eigenvalue weighted by Gasteiger charge is -2.26. The molecule has 1 aromatic carbocycles. The number of H-pyrrole nitrogens is 1. The van der Waals surface area contributed by atoms with E-state index in [0.29, 0.717) is 12.3 Å². The van der Waals surface area contributed by atoms with Gasteiger partial charge in [0.15, 0.2) is 6.29 Å². The zero-order valence-corrected chi connectivity index (χ0v) is 11.2. The van der Waals surface area contributed by atoms with Crippen LogP contribution in [0.4, 0.5) is 0 Å². The van der Waals surface area contributed by atoms with Crippen LogP contribution in [-0.4, -0.2) is 60.8 Å². The van der Waals surface area contributed by atoms with Crippen molar-refractivity contribution in [2.75, 3.05) is 39.5 Å². The second kappa shape index (κ2) is 6.02. The van der Waals surface area contributed by atoms with E-state index in [0.717, 1.165) is 55.8 Å². The third-order valence-electron chi connectivity index (χ3n) is 3.46. The van der Waals surface area contributed by atoms with E-state index in [1.54, 1.807) is 0 Å². The summed E-state index contributed by atoms with van der Waals surface area (Å²) in [7, 11) is 0. The van der Waals surface area contributed by atoms with Gasteiger partial charge in [-0.05, 0) is 18.2 Å². The Hall–Kier alpha value is -1.92. The SMILES string of the molecule is O=Cc1n[nH]c2ccc(OCCN3CCOCC3)cc12. The summed E-state index contributed by atoms with van der Waals surface area (Å²) in [6, 6.07) is 5.61. The number of aldehydes is 1. The van der Waals surface area contributed by atoms with Crippen LogP contribution in [0.5, 0.6) is 5.75 Å². The highest BCUT2D eigenvalue weighted by atomic mass is 16.5. The first kappa shape index (κ1) is 13.1. The van der Waals surface area contributed by atoms with Gasteiger partial charge in [-0.2, -0.15) is 5.10 Å². The molecule has 1 aromatic heterocycles. The minimum Gasteiger partial charge on any atom is -0.492 e. The quantitative estimate of drug-likeness (QED) is 0.827. The molecule has 106 valence electrons. The van der Waals surface area contributed by atoms with Crippen molar-refractivity contribution in [3.63, 3.8) is 0 Å². The van der Waals surface area contributed by atoms with Gasteiger partial charge in [-0.1, -0.05) is 0 Å². The second-order valence-electron chi connectivity index (χ2n) is 4.74. The van der Waals surface area contributed by atoms with Gasteiger partial charge in [-0.15, -0.1) is 0 Å². The van der Waals surface area contributed by atoms with Crippen LogP contribution >= 0.6 is 0 Å². The van der Waals surface area contributed by atoms with Gasteiger partial charge < -0.3 is 9.47 Å². The minimum atomic E-state index is 0.415. The first-order valence-electron chi connectivity index (χ1n) is 6.73. The minimum absolute atomic E-state index is 0.415. The maximum Gasteiger partial charge on any atom is 0.170 e. The highest BCUT2D eigenvalue weighted by molar-refractivity contribution is 5.95. The molecule has 2 aromatic rings. The fourth-order valence-corrected chi connectivity index (χ4v) is 2.31. The normalized spacial score (nSPS) is 16.4. The third-order valence-corrected chi connectivity index (χ3v) is 3.46. The molecule has 0 unspecified atom stereocenters. The zero-order chi connectivity index (χ0) is 13.8. The molecule has 0 amide bonds. The van der Waals surface area contributed by atoms with Crippen LogP contribution < -0.4 is 4.74 Å². The van der Waals surface area contributed by atoms with E-state index >= 15 is 0 Å². The van der Waals surface area contributed by atoms with Crippen molar-refractivity contribution in [2.45, 2.75) is 0 Å². The summed E-state index contributed by atoms with van der Waals surface area (Å²) in [5, 5.41) is 7.55. The van der Waals surface area contributed by atoms with Crippen molar-refractivity contribution in [3.8, 4) is 5.75 Å². The Morgan fingerprint density at radius 2 is 2.25 bits per heavy atom. The fraction of sp³-hybridized carbons (Fsp3) is 0.429. The van der Waals surface area contributed by atoms with Crippen LogP contribution in [0, 0.1) is 0 Å². The predicted octanol–water partition coefficient (Wildman–Crippen LogP) is 1.09. The summed E-state index contributed by atoms with van der Waals surface area (Å²) in [4.78, 5) is 13.2. The van der Waals surface area contributed by atoms with Crippen LogP contribution in [-0.2, 0) is 4.74 Å². The number of hydrogen-bond acceptors (Lipinski definition) is 5. The van der Waals surface area contributed by atoms with Gasteiger partial charge >= 0.3 is 0 Å². The second-order valence-corrected chi connectivity index (χ2v) is 4.74. The Kier molecular flexibility index (Phi) is 3.94. The maximum absolute atomic E-state index is 10.9. The third kappa shape index (κ3) is 2.81. The number of hydrogen-bond donors (Lipinski definition) is 1. The number of ether oxygens (including phenoxy) is 2. The average Bonchev–Trinajstić information content (AvgIpc) is 2.91. The van der Waals surface area contributed by atoms with E-state index < -0.39 is 0 Å². The van der Waals surface area contributed by atoms with Crippen LogP contribution in [0.15, 0.2) is 18.2 Å². The van der Waals surface area contributed by atoms with Gasteiger partial charge in [-0.25, -0.2) is 0 Å². The molecule has 6 heteroatoms. The van der Waals surface area contributed by atoms with E-state index in [-0.39, 0.29) is 0 Å². The largest absolute Gasteiger partial charge is 0.492 e. The summed E-state index contributed by atoms with van der Waals surface area (Å²) in [5.41, 5.74) is 1.26. The first-order chi connectivity index (χ1) is 9.86. The number of carbonyl (C=O) groups is 1. The topological polar surface area (TPSA) is 67.5 Å². The number of nitrogens with one attached hydrogen (secondary N) is 1. The van der Waals surface area contributed by atoms with E-state index in [1.807, 2.05) is 18.2 Å². The summed E-state index contributed by atoms with van der Waals surface area (Å²) < 4.78 is 11.0. The summed E-state index contributed by atoms with van der Waals surface area (Å²) in [6.45, 7) is 5.01. The van der Waals surface area contributed by atoms with Crippen LogP contribution in [0.3, 0.4) is 0 Å². The molecule has 1 fully saturated rings. The molecule has 0 bridgehead atoms. The molecule has 20 heavy (non-hydrogen) atoms. The standard InChI is InChI=1S/C14H17N3O3/c18-10-14-12-9-11(1-2-13(12)15-16-14)20-8-5-17-3-6-19-7-4-17/h1-2,9-10H,3-8H2,(H,15,16). The number of carbonyl (C=O) groups excluding carboxylic acids is 1. The molecular weight excluding hydrogens is 258 g/mol. The van der Waals surface area contributed by atoms with Gasteiger partial charge in [0.1, 0.15) is 18.1 Å². The lowest BCUT2D eigenvalue weighted by atomic mass is 10.2. The molecule has 2 heterocycles. The fourth-order valence-electron chi connectivity index (χ4n) is 2.31. The van der Waals surface area contributed by atoms with E-state index in [1.165, 1.54) is 0 Å². The molecule has 1 aliphatic rings. The van der Waals surface area contributed by atoms with Gasteiger partial charge in [-0.3, -0.25) is 14.8 Å². The van der Waals surface area contributed by atoms with Gasteiger partial charge in [0, 0.05) is 25.0 Å². The predicted molar refractivity (Wildman–Crippen MR) is 74.2 cm³/mol. The van der Waals surface area contributed by atoms with Crippen LogP contribution in [0.25, 0.3) is 10.9 Å². The number of aromatic nitrogens is 2. The van der Waals surface area contributed by atoms with Crippen LogP contribution in [0.1, 0.15) is 10.5 Å². The molecule has 0 saturated carbocycles. The van der Waals surface area contributed by atoms with E-state index in [2.05, 4.69) is 15.1 Å². The number of fused-ring (bicyclic) bond motifs is 1. The molecule has 0 aliphatic carbocycles. The van der Waals surface area contributed by atoms with Gasteiger partial charge in [0.2, 0.25) is 0 Å². The maximum atomic E-state index is 10.9. The average molecular weight is 275 g/mol. The molecule has 0 atom stereocenters. The number of rotatable bonds is 5.